The third-order valence-electron chi connectivity index (χ3n) is 3.82. The van der Waals surface area contributed by atoms with E-state index in [0.29, 0.717) is 0 Å². The summed E-state index contributed by atoms with van der Waals surface area (Å²) < 4.78 is 29.4. The van der Waals surface area contributed by atoms with Crippen LogP contribution in [-0.2, 0) is 4.79 Å². The number of carbonyl (C=O) groups is 2. The molecule has 8 heteroatoms. The molecule has 1 aromatic carbocycles. The van der Waals surface area contributed by atoms with Crippen molar-refractivity contribution < 1.29 is 18.4 Å². The third kappa shape index (κ3) is 3.34. The summed E-state index contributed by atoms with van der Waals surface area (Å²) in [5.41, 5.74) is -2.16. The van der Waals surface area contributed by atoms with Gasteiger partial charge in [0.1, 0.15) is 6.54 Å². The minimum atomic E-state index is -3.38. The molecule has 0 spiro atoms. The van der Waals surface area contributed by atoms with Gasteiger partial charge < -0.3 is 10.6 Å². The molecule has 1 aliphatic carbocycles. The number of hydrogen-bond donors (Lipinski definition) is 2. The van der Waals surface area contributed by atoms with E-state index in [4.69, 9.17) is 5.26 Å². The molecule has 2 amide bonds. The Bertz CT molecular complexity index is 658. The number of nitrogens with zero attached hydrogens (tertiary/aromatic N) is 1. The molecule has 1 fully saturated rings. The van der Waals surface area contributed by atoms with Crippen molar-refractivity contribution in [3.8, 4) is 6.07 Å². The lowest BCUT2D eigenvalue weighted by Gasteiger charge is -2.34. The van der Waals surface area contributed by atoms with Crippen LogP contribution in [0.3, 0.4) is 0 Å². The number of hydrogen-bond acceptors (Lipinski definition) is 3. The average Bonchev–Trinajstić information content (AvgIpc) is 2.81. The Morgan fingerprint density at radius 2 is 1.91 bits per heavy atom. The molecule has 2 N–H and O–H groups in total. The van der Waals surface area contributed by atoms with Crippen molar-refractivity contribution in [3.63, 3.8) is 0 Å². The lowest BCUT2D eigenvalue weighted by molar-refractivity contribution is -0.142. The SMILES string of the molecule is N#CCNC(=O)C1(NC(=O)c2ccc(Br)cc2)CCCC1(F)F. The molecule has 0 radical (unpaired) electrons. The highest BCUT2D eigenvalue weighted by molar-refractivity contribution is 9.10. The number of halogens is 3. The Kier molecular flexibility index (Phi) is 5.00. The van der Waals surface area contributed by atoms with Crippen LogP contribution in [0.15, 0.2) is 28.7 Å². The van der Waals surface area contributed by atoms with E-state index in [1.165, 1.54) is 12.1 Å². The number of nitriles is 1. The lowest BCUT2D eigenvalue weighted by atomic mass is 9.92. The Labute approximate surface area is 140 Å². The number of rotatable bonds is 4. The molecule has 0 aliphatic heterocycles. The van der Waals surface area contributed by atoms with E-state index in [2.05, 4.69) is 26.6 Å². The van der Waals surface area contributed by atoms with E-state index >= 15 is 0 Å². The van der Waals surface area contributed by atoms with Gasteiger partial charge in [-0.25, -0.2) is 8.78 Å². The highest BCUT2D eigenvalue weighted by Crippen LogP contribution is 2.44. The maximum absolute atomic E-state index is 14.3. The van der Waals surface area contributed by atoms with Gasteiger partial charge in [-0.3, -0.25) is 9.59 Å². The fourth-order valence-electron chi connectivity index (χ4n) is 2.60. The van der Waals surface area contributed by atoms with Crippen molar-refractivity contribution >= 4 is 27.7 Å². The van der Waals surface area contributed by atoms with Gasteiger partial charge in [0, 0.05) is 16.5 Å². The molecule has 5 nitrogen and oxygen atoms in total. The third-order valence-corrected chi connectivity index (χ3v) is 4.34. The second-order valence-corrected chi connectivity index (χ2v) is 6.18. The fourth-order valence-corrected chi connectivity index (χ4v) is 2.86. The van der Waals surface area contributed by atoms with Crippen molar-refractivity contribution in [3.05, 3.63) is 34.3 Å². The molecular formula is C15H14BrF2N3O2. The molecule has 122 valence electrons. The van der Waals surface area contributed by atoms with Crippen LogP contribution < -0.4 is 10.6 Å². The van der Waals surface area contributed by atoms with E-state index < -0.39 is 36.2 Å². The highest BCUT2D eigenvalue weighted by Gasteiger charge is 2.62. The smallest absolute Gasteiger partial charge is 0.279 e. The minimum absolute atomic E-state index is 0.105. The first kappa shape index (κ1) is 17.3. The van der Waals surface area contributed by atoms with Crippen LogP contribution in [0.25, 0.3) is 0 Å². The molecule has 1 aromatic rings. The van der Waals surface area contributed by atoms with Gasteiger partial charge in [-0.05, 0) is 37.1 Å². The largest absolute Gasteiger partial charge is 0.341 e. The van der Waals surface area contributed by atoms with E-state index in [-0.39, 0.29) is 18.4 Å². The van der Waals surface area contributed by atoms with E-state index in [1.54, 1.807) is 18.2 Å². The fraction of sp³-hybridized carbons (Fsp3) is 0.400. The topological polar surface area (TPSA) is 82.0 Å². The minimum Gasteiger partial charge on any atom is -0.341 e. The maximum Gasteiger partial charge on any atom is 0.279 e. The molecule has 23 heavy (non-hydrogen) atoms. The molecule has 0 saturated heterocycles. The monoisotopic (exact) mass is 385 g/mol. The molecule has 1 atom stereocenters. The Balaban J connectivity index is 2.28. The summed E-state index contributed by atoms with van der Waals surface area (Å²) in [5, 5.41) is 12.8. The molecule has 0 aromatic heterocycles. The van der Waals surface area contributed by atoms with Gasteiger partial charge in [0.25, 0.3) is 17.7 Å². The zero-order valence-corrected chi connectivity index (χ0v) is 13.6. The standard InChI is InChI=1S/C15H14BrF2N3O2/c16-11-4-2-10(3-5-11)12(22)21-14(13(23)20-9-8-19)6-1-7-15(14,17)18/h2-5H,1,6-7,9H2,(H,20,23)(H,21,22). The van der Waals surface area contributed by atoms with Gasteiger partial charge in [0.05, 0.1) is 6.07 Å². The summed E-state index contributed by atoms with van der Waals surface area (Å²) in [6, 6.07) is 7.80. The molecule has 0 heterocycles. The summed E-state index contributed by atoms with van der Waals surface area (Å²) >= 11 is 3.22. The van der Waals surface area contributed by atoms with Crippen molar-refractivity contribution in [2.24, 2.45) is 0 Å². The summed E-state index contributed by atoms with van der Waals surface area (Å²) in [7, 11) is 0. The summed E-state index contributed by atoms with van der Waals surface area (Å²) in [6.45, 7) is -0.398. The van der Waals surface area contributed by atoms with Crippen LogP contribution in [0, 0.1) is 11.3 Å². The van der Waals surface area contributed by atoms with Gasteiger partial charge in [-0.2, -0.15) is 5.26 Å². The second kappa shape index (κ2) is 6.62. The van der Waals surface area contributed by atoms with Gasteiger partial charge in [0.2, 0.25) is 0 Å². The van der Waals surface area contributed by atoms with Crippen LogP contribution in [-0.4, -0.2) is 29.8 Å². The van der Waals surface area contributed by atoms with Crippen LogP contribution in [0.5, 0.6) is 0 Å². The molecule has 2 rings (SSSR count). The van der Waals surface area contributed by atoms with Crippen molar-refractivity contribution in [1.82, 2.24) is 10.6 Å². The van der Waals surface area contributed by atoms with E-state index in [1.807, 2.05) is 0 Å². The zero-order valence-electron chi connectivity index (χ0n) is 12.0. The van der Waals surface area contributed by atoms with Crippen molar-refractivity contribution in [2.75, 3.05) is 6.54 Å². The predicted molar refractivity (Wildman–Crippen MR) is 81.8 cm³/mol. The van der Waals surface area contributed by atoms with Gasteiger partial charge in [-0.1, -0.05) is 15.9 Å². The zero-order chi connectivity index (χ0) is 17.1. The van der Waals surface area contributed by atoms with E-state index in [9.17, 15) is 18.4 Å². The first-order valence-electron chi connectivity index (χ1n) is 6.93. The highest BCUT2D eigenvalue weighted by atomic mass is 79.9. The number of amides is 2. The lowest BCUT2D eigenvalue weighted by Crippen LogP contribution is -2.65. The molecule has 1 aliphatic rings. The molecular weight excluding hydrogens is 372 g/mol. The number of nitrogens with one attached hydrogen (secondary N) is 2. The Morgan fingerprint density at radius 1 is 1.26 bits per heavy atom. The molecule has 1 unspecified atom stereocenters. The molecule has 1 saturated carbocycles. The second-order valence-electron chi connectivity index (χ2n) is 5.27. The number of benzene rings is 1. The quantitative estimate of drug-likeness (QED) is 0.780. The van der Waals surface area contributed by atoms with Crippen LogP contribution in [0.1, 0.15) is 29.6 Å². The van der Waals surface area contributed by atoms with Crippen molar-refractivity contribution in [2.45, 2.75) is 30.7 Å². The van der Waals surface area contributed by atoms with Gasteiger partial charge >= 0.3 is 0 Å². The van der Waals surface area contributed by atoms with Crippen LogP contribution in [0.4, 0.5) is 8.78 Å². The first-order valence-corrected chi connectivity index (χ1v) is 7.73. The normalized spacial score (nSPS) is 22.2. The van der Waals surface area contributed by atoms with E-state index in [0.717, 1.165) is 4.47 Å². The Hall–Kier alpha value is -2.01. The number of carbonyl (C=O) groups excluding carboxylic acids is 2. The predicted octanol–water partition coefficient (Wildman–Crippen LogP) is 2.38. The average molecular weight is 386 g/mol. The maximum atomic E-state index is 14.3. The summed E-state index contributed by atoms with van der Waals surface area (Å²) in [6.07, 6.45) is -0.569. The molecule has 0 bridgehead atoms. The summed E-state index contributed by atoms with van der Waals surface area (Å²) in [4.78, 5) is 24.5. The first-order chi connectivity index (χ1) is 10.8. The Morgan fingerprint density at radius 3 is 2.43 bits per heavy atom. The van der Waals surface area contributed by atoms with Gasteiger partial charge in [-0.15, -0.1) is 0 Å². The van der Waals surface area contributed by atoms with Crippen LogP contribution >= 0.6 is 15.9 Å². The summed E-state index contributed by atoms with van der Waals surface area (Å²) in [5.74, 6) is -5.17. The van der Waals surface area contributed by atoms with Crippen LogP contribution in [0.2, 0.25) is 0 Å². The van der Waals surface area contributed by atoms with Gasteiger partial charge in [0.15, 0.2) is 5.54 Å². The number of alkyl halides is 2. The van der Waals surface area contributed by atoms with Crippen molar-refractivity contribution in [1.29, 1.82) is 5.26 Å².